The lowest BCUT2D eigenvalue weighted by atomic mass is 9.59. The summed E-state index contributed by atoms with van der Waals surface area (Å²) in [5, 5.41) is 9.92. The molecule has 100 valence electrons. The average Bonchev–Trinajstić information content (AvgIpc) is 2.12. The molecule has 1 unspecified atom stereocenters. The maximum atomic E-state index is 13.4. The molecule has 2 rings (SSSR count). The molecule has 1 aliphatic carbocycles. The highest BCUT2D eigenvalue weighted by molar-refractivity contribution is 5.31. The predicted molar refractivity (Wildman–Crippen MR) is 70.8 cm³/mol. The fourth-order valence-corrected chi connectivity index (χ4v) is 2.96. The molecule has 1 aromatic carbocycles. The van der Waals surface area contributed by atoms with Crippen molar-refractivity contribution in [2.45, 2.75) is 56.6 Å². The Labute approximate surface area is 108 Å². The normalized spacial score (nSPS) is 20.3. The molecule has 0 amide bonds. The molecule has 2 nitrogen and oxygen atoms in total. The van der Waals surface area contributed by atoms with E-state index in [0.29, 0.717) is 6.42 Å². The van der Waals surface area contributed by atoms with E-state index in [1.165, 1.54) is 6.07 Å². The highest BCUT2D eigenvalue weighted by Gasteiger charge is 2.45. The van der Waals surface area contributed by atoms with Crippen LogP contribution >= 0.6 is 0 Å². The molecular formula is C15H22FNO. The molecule has 0 aromatic heterocycles. The number of benzene rings is 1. The highest BCUT2D eigenvalue weighted by atomic mass is 19.1. The van der Waals surface area contributed by atoms with Gasteiger partial charge in [0.25, 0.3) is 0 Å². The third kappa shape index (κ3) is 2.57. The van der Waals surface area contributed by atoms with Crippen LogP contribution in [0.15, 0.2) is 24.3 Å². The lowest BCUT2D eigenvalue weighted by Gasteiger charge is -2.48. The minimum Gasteiger partial charge on any atom is -0.390 e. The van der Waals surface area contributed by atoms with Crippen LogP contribution in [0.1, 0.15) is 45.1 Å². The van der Waals surface area contributed by atoms with E-state index >= 15 is 0 Å². The van der Waals surface area contributed by atoms with Crippen molar-refractivity contribution >= 4 is 0 Å². The molecule has 0 spiro atoms. The molecule has 1 aliphatic rings. The van der Waals surface area contributed by atoms with Gasteiger partial charge in [-0.25, -0.2) is 4.39 Å². The summed E-state index contributed by atoms with van der Waals surface area (Å²) in [5.41, 5.74) is 6.34. The van der Waals surface area contributed by atoms with Gasteiger partial charge in [-0.1, -0.05) is 18.6 Å². The number of hydrogen-bond donors (Lipinski definition) is 2. The summed E-state index contributed by atoms with van der Waals surface area (Å²) in [6.07, 6.45) is 3.61. The van der Waals surface area contributed by atoms with Crippen LogP contribution in [0.2, 0.25) is 0 Å². The third-order valence-corrected chi connectivity index (χ3v) is 4.07. The third-order valence-electron chi connectivity index (χ3n) is 4.07. The highest BCUT2D eigenvalue weighted by Crippen LogP contribution is 2.47. The van der Waals surface area contributed by atoms with Gasteiger partial charge in [-0.15, -0.1) is 0 Å². The topological polar surface area (TPSA) is 46.2 Å². The van der Waals surface area contributed by atoms with Crippen LogP contribution in [0, 0.1) is 5.82 Å². The number of aliphatic hydroxyl groups is 1. The smallest absolute Gasteiger partial charge is 0.123 e. The van der Waals surface area contributed by atoms with Gasteiger partial charge < -0.3 is 10.8 Å². The van der Waals surface area contributed by atoms with Crippen LogP contribution < -0.4 is 5.73 Å². The molecule has 0 heterocycles. The van der Waals surface area contributed by atoms with Gasteiger partial charge in [-0.3, -0.25) is 0 Å². The van der Waals surface area contributed by atoms with E-state index in [2.05, 4.69) is 0 Å². The van der Waals surface area contributed by atoms with Gasteiger partial charge in [-0.2, -0.15) is 0 Å². The maximum absolute atomic E-state index is 13.4. The summed E-state index contributed by atoms with van der Waals surface area (Å²) in [6.45, 7) is 3.54. The van der Waals surface area contributed by atoms with Gasteiger partial charge in [0.1, 0.15) is 5.82 Å². The molecule has 3 heteroatoms. The Morgan fingerprint density at radius 1 is 1.44 bits per heavy atom. The monoisotopic (exact) mass is 251 g/mol. The first-order valence-electron chi connectivity index (χ1n) is 6.57. The molecule has 1 saturated carbocycles. The number of nitrogens with two attached hydrogens (primary N) is 1. The van der Waals surface area contributed by atoms with E-state index in [1.807, 2.05) is 6.07 Å². The zero-order valence-electron chi connectivity index (χ0n) is 11.1. The standard InChI is InChI=1S/C15H22FNO/c1-14(2,18)10-13(17)15(7-4-8-15)11-5-3-6-12(16)9-11/h3,5-6,9,13,18H,4,7-8,10,17H2,1-2H3. The van der Waals surface area contributed by atoms with Gasteiger partial charge in [0, 0.05) is 11.5 Å². The summed E-state index contributed by atoms with van der Waals surface area (Å²) < 4.78 is 13.4. The first-order chi connectivity index (χ1) is 8.33. The molecule has 0 bridgehead atoms. The minimum absolute atomic E-state index is 0.131. The second kappa shape index (κ2) is 4.63. The summed E-state index contributed by atoms with van der Waals surface area (Å²) in [4.78, 5) is 0. The van der Waals surface area contributed by atoms with Crippen LogP contribution in [0.4, 0.5) is 4.39 Å². The van der Waals surface area contributed by atoms with Crippen LogP contribution in [0.3, 0.4) is 0 Å². The number of halogens is 1. The molecule has 1 atom stereocenters. The van der Waals surface area contributed by atoms with Crippen molar-refractivity contribution in [3.05, 3.63) is 35.6 Å². The predicted octanol–water partition coefficient (Wildman–Crippen LogP) is 2.74. The lowest BCUT2D eigenvalue weighted by Crippen LogP contribution is -2.53. The van der Waals surface area contributed by atoms with Crippen molar-refractivity contribution in [2.75, 3.05) is 0 Å². The zero-order chi connectivity index (χ0) is 13.4. The van der Waals surface area contributed by atoms with Gasteiger partial charge >= 0.3 is 0 Å². The SMILES string of the molecule is CC(C)(O)CC(N)C1(c2cccc(F)c2)CCC1. The Morgan fingerprint density at radius 3 is 2.56 bits per heavy atom. The Morgan fingerprint density at radius 2 is 2.11 bits per heavy atom. The fourth-order valence-electron chi connectivity index (χ4n) is 2.96. The molecule has 0 radical (unpaired) electrons. The largest absolute Gasteiger partial charge is 0.390 e. The van der Waals surface area contributed by atoms with Crippen molar-refractivity contribution < 1.29 is 9.50 Å². The van der Waals surface area contributed by atoms with Crippen molar-refractivity contribution in [2.24, 2.45) is 5.73 Å². The van der Waals surface area contributed by atoms with Crippen LogP contribution in [-0.4, -0.2) is 16.7 Å². The Bertz CT molecular complexity index is 421. The zero-order valence-corrected chi connectivity index (χ0v) is 11.1. The van der Waals surface area contributed by atoms with E-state index in [0.717, 1.165) is 24.8 Å². The fraction of sp³-hybridized carbons (Fsp3) is 0.600. The first-order valence-corrected chi connectivity index (χ1v) is 6.57. The molecule has 3 N–H and O–H groups in total. The molecule has 1 aromatic rings. The molecule has 1 fully saturated rings. The summed E-state index contributed by atoms with van der Waals surface area (Å²) in [5.74, 6) is -0.214. The van der Waals surface area contributed by atoms with Crippen LogP contribution in [-0.2, 0) is 5.41 Å². The van der Waals surface area contributed by atoms with Crippen LogP contribution in [0.5, 0.6) is 0 Å². The van der Waals surface area contributed by atoms with Crippen molar-refractivity contribution in [3.63, 3.8) is 0 Å². The maximum Gasteiger partial charge on any atom is 0.123 e. The van der Waals surface area contributed by atoms with Crippen molar-refractivity contribution in [1.82, 2.24) is 0 Å². The Kier molecular flexibility index (Phi) is 3.47. The van der Waals surface area contributed by atoms with Gasteiger partial charge in [0.2, 0.25) is 0 Å². The Hall–Kier alpha value is -0.930. The molecule has 0 saturated heterocycles. The van der Waals surface area contributed by atoms with E-state index in [-0.39, 0.29) is 17.3 Å². The average molecular weight is 251 g/mol. The van der Waals surface area contributed by atoms with Crippen molar-refractivity contribution in [1.29, 1.82) is 0 Å². The van der Waals surface area contributed by atoms with E-state index < -0.39 is 5.60 Å². The van der Waals surface area contributed by atoms with E-state index in [1.54, 1.807) is 26.0 Å². The van der Waals surface area contributed by atoms with Crippen LogP contribution in [0.25, 0.3) is 0 Å². The first kappa shape index (κ1) is 13.5. The lowest BCUT2D eigenvalue weighted by molar-refractivity contribution is 0.0410. The summed E-state index contributed by atoms with van der Waals surface area (Å²) >= 11 is 0. The molecule has 18 heavy (non-hydrogen) atoms. The van der Waals surface area contributed by atoms with Gasteiger partial charge in [0.15, 0.2) is 0 Å². The van der Waals surface area contributed by atoms with Gasteiger partial charge in [0.05, 0.1) is 5.60 Å². The van der Waals surface area contributed by atoms with E-state index in [4.69, 9.17) is 5.73 Å². The summed E-state index contributed by atoms with van der Waals surface area (Å²) in [6, 6.07) is 6.60. The van der Waals surface area contributed by atoms with Crippen molar-refractivity contribution in [3.8, 4) is 0 Å². The number of rotatable bonds is 4. The second-order valence-electron chi connectivity index (χ2n) is 6.14. The van der Waals surface area contributed by atoms with E-state index in [9.17, 15) is 9.50 Å². The second-order valence-corrected chi connectivity index (χ2v) is 6.14. The summed E-state index contributed by atoms with van der Waals surface area (Å²) in [7, 11) is 0. The molecular weight excluding hydrogens is 229 g/mol. The quantitative estimate of drug-likeness (QED) is 0.864. The van der Waals surface area contributed by atoms with Gasteiger partial charge in [-0.05, 0) is 50.8 Å². The minimum atomic E-state index is -0.782. The Balaban J connectivity index is 2.25. The molecule has 0 aliphatic heterocycles. The number of hydrogen-bond acceptors (Lipinski definition) is 2.